The molecule has 150 valence electrons. The van der Waals surface area contributed by atoms with Gasteiger partial charge in [-0.1, -0.05) is 29.5 Å². The number of nitrogens with zero attached hydrogens (tertiary/aromatic N) is 5. The van der Waals surface area contributed by atoms with Gasteiger partial charge in [-0.15, -0.1) is 12.4 Å². The molecule has 0 saturated carbocycles. The molecule has 1 amide bonds. The first-order valence-corrected chi connectivity index (χ1v) is 9.58. The molecule has 0 fully saturated rings. The Morgan fingerprint density at radius 2 is 1.79 bits per heavy atom. The average molecular weight is 432 g/mol. The third-order valence-electron chi connectivity index (χ3n) is 4.27. The van der Waals surface area contributed by atoms with Gasteiger partial charge in [0, 0.05) is 13.1 Å². The molecule has 0 aliphatic rings. The standard InChI is InChI=1S/C20H18FN5OS.ClH/c1-25(2)10-11-26(20-24-18-13(21)6-5-9-17(18)28-20)19(27)16-12-22-14-7-3-4-8-15(14)23-16;/h3-9,12H,10-11H2,1-2H3;1H. The number of amides is 1. The second-order valence-corrected chi connectivity index (χ2v) is 7.60. The van der Waals surface area contributed by atoms with Gasteiger partial charge in [-0.25, -0.2) is 14.4 Å². The molecule has 0 unspecified atom stereocenters. The van der Waals surface area contributed by atoms with Crippen LogP contribution in [0, 0.1) is 5.82 Å². The fourth-order valence-corrected chi connectivity index (χ4v) is 3.81. The van der Waals surface area contributed by atoms with E-state index in [-0.39, 0.29) is 29.5 Å². The first-order chi connectivity index (χ1) is 13.5. The van der Waals surface area contributed by atoms with Gasteiger partial charge in [-0.05, 0) is 38.4 Å². The number of carbonyl (C=O) groups excluding carboxylic acids is 1. The SMILES string of the molecule is CN(C)CCN(C(=O)c1cnc2ccccc2n1)c1nc2c(F)cccc2s1.Cl. The van der Waals surface area contributed by atoms with E-state index in [1.807, 2.05) is 43.3 Å². The van der Waals surface area contributed by atoms with Crippen molar-refractivity contribution in [2.75, 3.05) is 32.1 Å². The number of para-hydroxylation sites is 3. The molecule has 0 radical (unpaired) electrons. The number of hydrogen-bond acceptors (Lipinski definition) is 6. The Morgan fingerprint density at radius 3 is 2.52 bits per heavy atom. The molecule has 6 nitrogen and oxygen atoms in total. The van der Waals surface area contributed by atoms with E-state index in [1.54, 1.807) is 17.0 Å². The summed E-state index contributed by atoms with van der Waals surface area (Å²) in [6, 6.07) is 12.2. The monoisotopic (exact) mass is 431 g/mol. The average Bonchev–Trinajstić information content (AvgIpc) is 3.12. The zero-order chi connectivity index (χ0) is 19.7. The van der Waals surface area contributed by atoms with Crippen LogP contribution in [0.4, 0.5) is 9.52 Å². The van der Waals surface area contributed by atoms with Gasteiger partial charge in [0.1, 0.15) is 17.0 Å². The maximum atomic E-state index is 14.1. The summed E-state index contributed by atoms with van der Waals surface area (Å²) in [5.74, 6) is -0.704. The minimum Gasteiger partial charge on any atom is -0.308 e. The number of rotatable bonds is 5. The minimum atomic E-state index is -0.398. The summed E-state index contributed by atoms with van der Waals surface area (Å²) < 4.78 is 14.8. The number of aromatic nitrogens is 3. The van der Waals surface area contributed by atoms with E-state index in [0.717, 1.165) is 5.52 Å². The number of likely N-dealkylation sites (N-methyl/N-ethyl adjacent to an activating group) is 1. The van der Waals surface area contributed by atoms with Crippen LogP contribution in [0.3, 0.4) is 0 Å². The Kier molecular flexibility index (Phi) is 6.36. The maximum Gasteiger partial charge on any atom is 0.280 e. The lowest BCUT2D eigenvalue weighted by atomic mass is 10.3. The van der Waals surface area contributed by atoms with E-state index in [4.69, 9.17) is 0 Å². The summed E-state index contributed by atoms with van der Waals surface area (Å²) in [6.07, 6.45) is 1.47. The van der Waals surface area contributed by atoms with Crippen LogP contribution in [-0.2, 0) is 0 Å². The molecule has 4 rings (SSSR count). The van der Waals surface area contributed by atoms with E-state index < -0.39 is 5.82 Å². The van der Waals surface area contributed by atoms with Crippen molar-refractivity contribution in [1.82, 2.24) is 19.9 Å². The first kappa shape index (κ1) is 21.0. The number of halogens is 2. The molecule has 29 heavy (non-hydrogen) atoms. The van der Waals surface area contributed by atoms with Crippen molar-refractivity contribution in [3.8, 4) is 0 Å². The number of fused-ring (bicyclic) bond motifs is 2. The van der Waals surface area contributed by atoms with Crippen molar-refractivity contribution in [2.45, 2.75) is 0 Å². The van der Waals surface area contributed by atoms with Gasteiger partial charge in [0.25, 0.3) is 5.91 Å². The molecular formula is C20H19ClFN5OS. The Morgan fingerprint density at radius 1 is 1.03 bits per heavy atom. The molecule has 2 aromatic heterocycles. The fraction of sp³-hybridized carbons (Fsp3) is 0.200. The molecule has 0 bridgehead atoms. The third kappa shape index (κ3) is 4.34. The number of benzene rings is 2. The van der Waals surface area contributed by atoms with E-state index in [1.165, 1.54) is 23.6 Å². The lowest BCUT2D eigenvalue weighted by Gasteiger charge is -2.21. The molecule has 0 aliphatic carbocycles. The van der Waals surface area contributed by atoms with Crippen molar-refractivity contribution in [3.63, 3.8) is 0 Å². The van der Waals surface area contributed by atoms with Crippen molar-refractivity contribution < 1.29 is 9.18 Å². The van der Waals surface area contributed by atoms with Gasteiger partial charge in [-0.3, -0.25) is 14.7 Å². The Bertz CT molecular complexity index is 1170. The van der Waals surface area contributed by atoms with E-state index in [2.05, 4.69) is 15.0 Å². The molecule has 0 saturated heterocycles. The zero-order valence-corrected chi connectivity index (χ0v) is 17.5. The van der Waals surface area contributed by atoms with Gasteiger partial charge in [0.15, 0.2) is 5.13 Å². The second-order valence-electron chi connectivity index (χ2n) is 6.59. The summed E-state index contributed by atoms with van der Waals surface area (Å²) in [7, 11) is 3.85. The highest BCUT2D eigenvalue weighted by Gasteiger charge is 2.23. The van der Waals surface area contributed by atoms with E-state index in [0.29, 0.717) is 28.4 Å². The van der Waals surface area contributed by atoms with Gasteiger partial charge < -0.3 is 4.90 Å². The number of carbonyl (C=O) groups is 1. The molecule has 9 heteroatoms. The summed E-state index contributed by atoms with van der Waals surface area (Å²) in [6.45, 7) is 1.03. The molecule has 0 aliphatic heterocycles. The normalized spacial score (nSPS) is 11.0. The number of hydrogen-bond donors (Lipinski definition) is 0. The molecule has 2 aromatic carbocycles. The van der Waals surface area contributed by atoms with Crippen molar-refractivity contribution in [2.24, 2.45) is 0 Å². The van der Waals surface area contributed by atoms with Crippen molar-refractivity contribution >= 4 is 56.0 Å². The smallest absolute Gasteiger partial charge is 0.280 e. The van der Waals surface area contributed by atoms with Crippen LogP contribution < -0.4 is 4.90 Å². The van der Waals surface area contributed by atoms with E-state index in [9.17, 15) is 9.18 Å². The largest absolute Gasteiger partial charge is 0.308 e. The summed E-state index contributed by atoms with van der Waals surface area (Å²) in [5.41, 5.74) is 1.88. The lowest BCUT2D eigenvalue weighted by molar-refractivity contribution is 0.0980. The molecule has 0 atom stereocenters. The molecule has 0 spiro atoms. The van der Waals surface area contributed by atoms with Crippen LogP contribution in [-0.4, -0.2) is 52.9 Å². The van der Waals surface area contributed by atoms with Crippen LogP contribution in [0.15, 0.2) is 48.7 Å². The first-order valence-electron chi connectivity index (χ1n) is 8.76. The van der Waals surface area contributed by atoms with Crippen LogP contribution in [0.25, 0.3) is 21.3 Å². The van der Waals surface area contributed by atoms with Gasteiger partial charge in [-0.2, -0.15) is 0 Å². The highest BCUT2D eigenvalue weighted by atomic mass is 35.5. The summed E-state index contributed by atoms with van der Waals surface area (Å²) in [5, 5.41) is 0.446. The summed E-state index contributed by atoms with van der Waals surface area (Å²) in [4.78, 5) is 29.9. The lowest BCUT2D eigenvalue weighted by Crippen LogP contribution is -2.37. The number of thiazole rings is 1. The van der Waals surface area contributed by atoms with E-state index >= 15 is 0 Å². The van der Waals surface area contributed by atoms with Crippen LogP contribution in [0.5, 0.6) is 0 Å². The topological polar surface area (TPSA) is 62.2 Å². The van der Waals surface area contributed by atoms with Crippen molar-refractivity contribution in [3.05, 3.63) is 60.2 Å². The van der Waals surface area contributed by atoms with Crippen LogP contribution in [0.1, 0.15) is 10.5 Å². The van der Waals surface area contributed by atoms with Crippen LogP contribution >= 0.6 is 23.7 Å². The molecule has 0 N–H and O–H groups in total. The summed E-state index contributed by atoms with van der Waals surface area (Å²) >= 11 is 1.29. The minimum absolute atomic E-state index is 0. The number of anilines is 1. The van der Waals surface area contributed by atoms with Gasteiger partial charge in [0.2, 0.25) is 0 Å². The Balaban J connectivity index is 0.00000240. The Labute approximate surface area is 177 Å². The molecule has 4 aromatic rings. The molecule has 2 heterocycles. The second kappa shape index (κ2) is 8.77. The van der Waals surface area contributed by atoms with Crippen molar-refractivity contribution in [1.29, 1.82) is 0 Å². The molecular weight excluding hydrogens is 413 g/mol. The van der Waals surface area contributed by atoms with Crippen LogP contribution in [0.2, 0.25) is 0 Å². The Hall–Kier alpha value is -2.68. The highest BCUT2D eigenvalue weighted by Crippen LogP contribution is 2.31. The predicted octanol–water partition coefficient (Wildman–Crippen LogP) is 4.01. The van der Waals surface area contributed by atoms with Gasteiger partial charge in [0.05, 0.1) is 21.9 Å². The van der Waals surface area contributed by atoms with Gasteiger partial charge >= 0.3 is 0 Å². The quantitative estimate of drug-likeness (QED) is 0.477. The maximum absolute atomic E-state index is 14.1. The fourth-order valence-electron chi connectivity index (χ4n) is 2.80. The third-order valence-corrected chi connectivity index (χ3v) is 5.32. The highest BCUT2D eigenvalue weighted by molar-refractivity contribution is 7.22. The predicted molar refractivity (Wildman–Crippen MR) is 117 cm³/mol. The zero-order valence-electron chi connectivity index (χ0n) is 15.9.